The summed E-state index contributed by atoms with van der Waals surface area (Å²) in [6.07, 6.45) is 3.65. The molecule has 3 fully saturated rings. The van der Waals surface area contributed by atoms with Crippen LogP contribution in [0.4, 0.5) is 0 Å². The van der Waals surface area contributed by atoms with Gasteiger partial charge in [-0.15, -0.1) is 0 Å². The Hall–Kier alpha value is -1.76. The van der Waals surface area contributed by atoms with Crippen LogP contribution >= 0.6 is 11.6 Å². The average molecular weight is 488 g/mol. The molecule has 2 heterocycles. The van der Waals surface area contributed by atoms with Gasteiger partial charge in [-0.05, 0) is 49.0 Å². The minimum atomic E-state index is 0.00351. The molecule has 1 N–H and O–H groups in total. The molecule has 6 nitrogen and oxygen atoms in total. The van der Waals surface area contributed by atoms with Gasteiger partial charge in [0.15, 0.2) is 0 Å². The second-order valence-electron chi connectivity index (χ2n) is 11.4. The van der Waals surface area contributed by atoms with Gasteiger partial charge in [0.2, 0.25) is 0 Å². The highest BCUT2D eigenvalue weighted by Gasteiger charge is 2.59. The predicted molar refractivity (Wildman–Crippen MR) is 136 cm³/mol. The van der Waals surface area contributed by atoms with Gasteiger partial charge < -0.3 is 19.4 Å². The highest BCUT2D eigenvalue weighted by molar-refractivity contribution is 6.32. The summed E-state index contributed by atoms with van der Waals surface area (Å²) < 4.78 is 13.5. The maximum absolute atomic E-state index is 13.9. The number of aromatic nitrogens is 1. The molecule has 2 aliphatic carbocycles. The summed E-state index contributed by atoms with van der Waals surface area (Å²) in [7, 11) is 1.66. The Kier molecular flexibility index (Phi) is 6.14. The van der Waals surface area contributed by atoms with E-state index in [2.05, 4.69) is 42.5 Å². The SMILES string of the molecule is COc1cc(Cl)cc2c(C(=O)NC3C4(C)CC[C@H](C4)C3(C)C)c(C)n(CCN3CCOCC3)c12. The number of rotatable bonds is 6. The Morgan fingerprint density at radius 3 is 2.62 bits per heavy atom. The van der Waals surface area contributed by atoms with Crippen LogP contribution in [0, 0.1) is 23.7 Å². The quantitative estimate of drug-likeness (QED) is 0.630. The van der Waals surface area contributed by atoms with Crippen molar-refractivity contribution in [2.75, 3.05) is 40.0 Å². The van der Waals surface area contributed by atoms with E-state index in [-0.39, 0.29) is 22.8 Å². The zero-order chi connectivity index (χ0) is 24.3. The van der Waals surface area contributed by atoms with Crippen LogP contribution in [-0.4, -0.2) is 61.4 Å². The molecule has 1 aromatic carbocycles. The smallest absolute Gasteiger partial charge is 0.253 e. The van der Waals surface area contributed by atoms with Crippen molar-refractivity contribution < 1.29 is 14.3 Å². The molecular weight excluding hydrogens is 450 g/mol. The van der Waals surface area contributed by atoms with Crippen molar-refractivity contribution in [1.29, 1.82) is 0 Å². The number of hydrogen-bond acceptors (Lipinski definition) is 4. The normalized spacial score (nSPS) is 28.5. The summed E-state index contributed by atoms with van der Waals surface area (Å²) in [5, 5.41) is 4.95. The lowest BCUT2D eigenvalue weighted by Gasteiger charge is -2.43. The Morgan fingerprint density at radius 1 is 1.24 bits per heavy atom. The van der Waals surface area contributed by atoms with Crippen LogP contribution in [0.25, 0.3) is 10.9 Å². The Balaban J connectivity index is 1.52. The molecule has 2 saturated carbocycles. The number of methoxy groups -OCH3 is 1. The van der Waals surface area contributed by atoms with Gasteiger partial charge in [0.05, 0.1) is 31.4 Å². The lowest BCUT2D eigenvalue weighted by molar-refractivity contribution is 0.0365. The number of carbonyl (C=O) groups is 1. The monoisotopic (exact) mass is 487 g/mol. The molecule has 3 aliphatic rings. The molecular formula is C27H38ClN3O3. The number of nitrogens with zero attached hydrogens (tertiary/aromatic N) is 2. The fourth-order valence-electron chi connectivity index (χ4n) is 7.19. The van der Waals surface area contributed by atoms with Gasteiger partial charge in [0, 0.05) is 54.4 Å². The average Bonchev–Trinajstić information content (AvgIpc) is 3.39. The number of benzene rings is 1. The van der Waals surface area contributed by atoms with Crippen LogP contribution in [0.15, 0.2) is 12.1 Å². The van der Waals surface area contributed by atoms with Crippen molar-refractivity contribution >= 4 is 28.4 Å². The molecule has 34 heavy (non-hydrogen) atoms. The molecule has 2 unspecified atom stereocenters. The Morgan fingerprint density at radius 2 is 1.97 bits per heavy atom. The summed E-state index contributed by atoms with van der Waals surface area (Å²) in [6.45, 7) is 14.1. The van der Waals surface area contributed by atoms with Crippen LogP contribution in [-0.2, 0) is 11.3 Å². The predicted octanol–water partition coefficient (Wildman–Crippen LogP) is 4.89. The number of carbonyl (C=O) groups excluding carboxylic acids is 1. The molecule has 3 atom stereocenters. The van der Waals surface area contributed by atoms with Crippen molar-refractivity contribution in [3.63, 3.8) is 0 Å². The number of morpholine rings is 1. The minimum absolute atomic E-state index is 0.00351. The van der Waals surface area contributed by atoms with E-state index in [1.165, 1.54) is 19.3 Å². The molecule has 0 spiro atoms. The summed E-state index contributed by atoms with van der Waals surface area (Å²) in [6, 6.07) is 3.93. The first-order chi connectivity index (χ1) is 16.2. The van der Waals surface area contributed by atoms with Crippen molar-refractivity contribution in [1.82, 2.24) is 14.8 Å². The van der Waals surface area contributed by atoms with Crippen LogP contribution in [0.2, 0.25) is 5.02 Å². The molecule has 1 aromatic heterocycles. The Bertz CT molecular complexity index is 1100. The summed E-state index contributed by atoms with van der Waals surface area (Å²) in [5.74, 6) is 1.39. The van der Waals surface area contributed by atoms with Crippen LogP contribution in [0.3, 0.4) is 0 Å². The lowest BCUT2D eigenvalue weighted by atomic mass is 9.68. The summed E-state index contributed by atoms with van der Waals surface area (Å²) in [4.78, 5) is 16.3. The molecule has 1 amide bonds. The first-order valence-corrected chi connectivity index (χ1v) is 13.0. The van der Waals surface area contributed by atoms with Gasteiger partial charge >= 0.3 is 0 Å². The van der Waals surface area contributed by atoms with E-state index in [1.807, 2.05) is 12.1 Å². The molecule has 5 rings (SSSR count). The summed E-state index contributed by atoms with van der Waals surface area (Å²) >= 11 is 6.49. The summed E-state index contributed by atoms with van der Waals surface area (Å²) in [5.41, 5.74) is 2.90. The largest absolute Gasteiger partial charge is 0.494 e. The first-order valence-electron chi connectivity index (χ1n) is 12.6. The zero-order valence-electron chi connectivity index (χ0n) is 21.2. The van der Waals surface area contributed by atoms with Crippen LogP contribution in [0.5, 0.6) is 5.75 Å². The third kappa shape index (κ3) is 3.82. The second-order valence-corrected chi connectivity index (χ2v) is 11.8. The topological polar surface area (TPSA) is 55.7 Å². The van der Waals surface area contributed by atoms with Gasteiger partial charge in [-0.25, -0.2) is 0 Å². The molecule has 2 aromatic rings. The number of nitrogens with one attached hydrogen (secondary N) is 1. The molecule has 1 aliphatic heterocycles. The number of halogens is 1. The Labute approximate surface area is 207 Å². The van der Waals surface area contributed by atoms with Gasteiger partial charge in [-0.2, -0.15) is 0 Å². The van der Waals surface area contributed by atoms with Crippen molar-refractivity contribution in [3.8, 4) is 5.75 Å². The molecule has 0 radical (unpaired) electrons. The van der Waals surface area contributed by atoms with Crippen molar-refractivity contribution in [3.05, 3.63) is 28.4 Å². The third-order valence-electron chi connectivity index (χ3n) is 9.08. The number of ether oxygens (including phenoxy) is 2. The maximum atomic E-state index is 13.9. The number of fused-ring (bicyclic) bond motifs is 3. The van der Waals surface area contributed by atoms with Crippen molar-refractivity contribution in [2.24, 2.45) is 16.7 Å². The fourth-order valence-corrected chi connectivity index (χ4v) is 7.40. The number of hydrogen-bond donors (Lipinski definition) is 1. The first kappa shape index (κ1) is 24.0. The van der Waals surface area contributed by atoms with Gasteiger partial charge in [-0.1, -0.05) is 32.4 Å². The minimum Gasteiger partial charge on any atom is -0.494 e. The highest BCUT2D eigenvalue weighted by atomic mass is 35.5. The van der Waals surface area contributed by atoms with Gasteiger partial charge in [-0.3, -0.25) is 9.69 Å². The van der Waals surface area contributed by atoms with E-state index >= 15 is 0 Å². The standard InChI is InChI=1S/C27H38ClN3O3/c1-17-22(24(32)29-25-26(2,3)18-6-7-27(25,4)16-18)20-14-19(28)15-21(33-5)23(20)31(17)9-8-30-10-12-34-13-11-30/h14-15,18,25H,6-13,16H2,1-5H3,(H,29,32)/t18-,25?,27?/m1/s1. The van der Waals surface area contributed by atoms with E-state index in [1.54, 1.807) is 7.11 Å². The second kappa shape index (κ2) is 8.72. The third-order valence-corrected chi connectivity index (χ3v) is 9.30. The van der Waals surface area contributed by atoms with Crippen molar-refractivity contribution in [2.45, 2.75) is 59.5 Å². The molecule has 1 saturated heterocycles. The van der Waals surface area contributed by atoms with E-state index in [0.29, 0.717) is 16.7 Å². The fraction of sp³-hybridized carbons (Fsp3) is 0.667. The zero-order valence-corrected chi connectivity index (χ0v) is 21.9. The number of amides is 1. The highest BCUT2D eigenvalue weighted by Crippen LogP contribution is 2.62. The van der Waals surface area contributed by atoms with E-state index in [9.17, 15) is 4.79 Å². The maximum Gasteiger partial charge on any atom is 0.253 e. The van der Waals surface area contributed by atoms with E-state index in [4.69, 9.17) is 21.1 Å². The van der Waals surface area contributed by atoms with Gasteiger partial charge in [0.25, 0.3) is 5.91 Å². The lowest BCUT2D eigenvalue weighted by Crippen LogP contribution is -2.52. The van der Waals surface area contributed by atoms with Crippen LogP contribution in [0.1, 0.15) is 56.1 Å². The molecule has 7 heteroatoms. The molecule has 2 bridgehead atoms. The van der Waals surface area contributed by atoms with E-state index < -0.39 is 0 Å². The molecule has 186 valence electrons. The van der Waals surface area contributed by atoms with Crippen LogP contribution < -0.4 is 10.1 Å². The van der Waals surface area contributed by atoms with Gasteiger partial charge in [0.1, 0.15) is 5.75 Å². The van der Waals surface area contributed by atoms with E-state index in [0.717, 1.165) is 61.6 Å².